The number of carbonyl (C=O) groups excluding carboxylic acids is 1. The summed E-state index contributed by atoms with van der Waals surface area (Å²) in [7, 11) is 5.80. The number of alkyl halides is 3. The van der Waals surface area contributed by atoms with Crippen molar-refractivity contribution >= 4 is 50.9 Å². The monoisotopic (exact) mass is 536 g/mol. The number of benzene rings is 3. The van der Waals surface area contributed by atoms with E-state index in [2.05, 4.69) is 30.8 Å². The lowest BCUT2D eigenvalue weighted by Gasteiger charge is -2.24. The van der Waals surface area contributed by atoms with Gasteiger partial charge in [0.25, 0.3) is 5.91 Å². The fourth-order valence-electron chi connectivity index (χ4n) is 4.25. The maximum Gasteiger partial charge on any atom is 0.418 e. The molecule has 0 aliphatic carbocycles. The third kappa shape index (κ3) is 5.65. The fraction of sp³-hybridized carbons (Fsp3) is 0.222. The Labute approximate surface area is 222 Å². The molecule has 0 fully saturated rings. The molecule has 0 unspecified atom stereocenters. The Balaban J connectivity index is 1.50. The molecule has 9 nitrogen and oxygen atoms in total. The fourth-order valence-corrected chi connectivity index (χ4v) is 4.25. The molecule has 0 atom stereocenters. The smallest absolute Gasteiger partial charge is 0.373 e. The van der Waals surface area contributed by atoms with E-state index in [4.69, 9.17) is 0 Å². The van der Waals surface area contributed by atoms with Gasteiger partial charge >= 0.3 is 6.18 Å². The molecule has 0 bridgehead atoms. The predicted octanol–water partition coefficient (Wildman–Crippen LogP) is 5.45. The predicted molar refractivity (Wildman–Crippen MR) is 147 cm³/mol. The molecule has 202 valence electrons. The van der Waals surface area contributed by atoms with Crippen LogP contribution in [0.2, 0.25) is 0 Å². The van der Waals surface area contributed by atoms with Gasteiger partial charge in [-0.25, -0.2) is 4.98 Å². The number of hydrogen-bond donors (Lipinski definition) is 4. The first kappa shape index (κ1) is 26.0. The summed E-state index contributed by atoms with van der Waals surface area (Å²) in [5.41, 5.74) is 2.48. The molecule has 39 heavy (non-hydrogen) atoms. The van der Waals surface area contributed by atoms with Gasteiger partial charge in [-0.3, -0.25) is 9.89 Å². The number of para-hydroxylation sites is 1. The molecule has 3 aromatic carbocycles. The second kappa shape index (κ2) is 10.3. The lowest BCUT2D eigenvalue weighted by atomic mass is 10.1. The summed E-state index contributed by atoms with van der Waals surface area (Å²) in [6.45, 7) is 1.38. The normalized spacial score (nSPS) is 11.9. The van der Waals surface area contributed by atoms with Gasteiger partial charge in [0.1, 0.15) is 0 Å². The highest BCUT2D eigenvalue weighted by atomic mass is 19.4. The zero-order valence-corrected chi connectivity index (χ0v) is 21.5. The Kier molecular flexibility index (Phi) is 6.87. The van der Waals surface area contributed by atoms with Gasteiger partial charge in [0.05, 0.1) is 45.2 Å². The highest BCUT2D eigenvalue weighted by Crippen LogP contribution is 2.36. The number of nitrogens with one attached hydrogen (secondary N) is 4. The summed E-state index contributed by atoms with van der Waals surface area (Å²) in [5.74, 6) is -0.215. The molecular formula is C27H27F3N8O. The van der Waals surface area contributed by atoms with E-state index in [1.165, 1.54) is 18.2 Å². The van der Waals surface area contributed by atoms with Crippen LogP contribution in [0.5, 0.6) is 0 Å². The van der Waals surface area contributed by atoms with E-state index in [0.29, 0.717) is 34.5 Å². The van der Waals surface area contributed by atoms with Crippen molar-refractivity contribution in [2.75, 3.05) is 49.8 Å². The van der Waals surface area contributed by atoms with Crippen LogP contribution in [0.4, 0.5) is 36.2 Å². The van der Waals surface area contributed by atoms with Crippen molar-refractivity contribution in [3.8, 4) is 0 Å². The Morgan fingerprint density at radius 3 is 2.56 bits per heavy atom. The molecule has 0 aliphatic rings. The summed E-state index contributed by atoms with van der Waals surface area (Å²) in [6, 6.07) is 14.0. The van der Waals surface area contributed by atoms with Gasteiger partial charge in [0.15, 0.2) is 0 Å². The summed E-state index contributed by atoms with van der Waals surface area (Å²) in [6.07, 6.45) is -2.83. The Morgan fingerprint density at radius 2 is 1.79 bits per heavy atom. The van der Waals surface area contributed by atoms with E-state index >= 15 is 0 Å². The van der Waals surface area contributed by atoms with Crippen molar-refractivity contribution in [3.63, 3.8) is 0 Å². The number of aromatic amines is 2. The van der Waals surface area contributed by atoms with Crippen LogP contribution in [-0.2, 0) is 6.18 Å². The molecule has 5 rings (SSSR count). The molecular weight excluding hydrogens is 509 g/mol. The zero-order chi connectivity index (χ0) is 27.7. The first-order valence-electron chi connectivity index (χ1n) is 12.2. The highest BCUT2D eigenvalue weighted by molar-refractivity contribution is 6.11. The third-order valence-electron chi connectivity index (χ3n) is 6.32. The first-order chi connectivity index (χ1) is 18.6. The number of fused-ring (bicyclic) bond motifs is 2. The number of nitrogens with zero attached hydrogens (tertiary/aromatic N) is 4. The second-order valence-electron chi connectivity index (χ2n) is 9.49. The average Bonchev–Trinajstić information content (AvgIpc) is 3.51. The van der Waals surface area contributed by atoms with Crippen LogP contribution in [0.3, 0.4) is 0 Å². The lowest BCUT2D eigenvalue weighted by molar-refractivity contribution is -0.136. The van der Waals surface area contributed by atoms with E-state index < -0.39 is 11.7 Å². The van der Waals surface area contributed by atoms with Crippen LogP contribution in [-0.4, -0.2) is 65.2 Å². The molecule has 0 saturated heterocycles. The van der Waals surface area contributed by atoms with Crippen molar-refractivity contribution < 1.29 is 18.0 Å². The number of H-pyrrole nitrogens is 2. The van der Waals surface area contributed by atoms with Gasteiger partial charge in [0, 0.05) is 31.2 Å². The summed E-state index contributed by atoms with van der Waals surface area (Å²) in [5, 5.41) is 13.5. The third-order valence-corrected chi connectivity index (χ3v) is 6.32. The molecule has 2 heterocycles. The van der Waals surface area contributed by atoms with Crippen LogP contribution in [0, 0.1) is 0 Å². The molecule has 0 saturated carbocycles. The van der Waals surface area contributed by atoms with Gasteiger partial charge in [-0.05, 0) is 56.6 Å². The topological polar surface area (TPSA) is 105 Å². The average molecular weight is 537 g/mol. The lowest BCUT2D eigenvalue weighted by Crippen LogP contribution is -2.30. The largest absolute Gasteiger partial charge is 0.418 e. The maximum atomic E-state index is 13.5. The molecule has 1 amide bonds. The van der Waals surface area contributed by atoms with Gasteiger partial charge in [-0.15, -0.1) is 0 Å². The van der Waals surface area contributed by atoms with Crippen LogP contribution in [0.25, 0.3) is 21.9 Å². The standard InChI is InChI=1S/C27H27F3N8O/c1-37(2)10-11-38(3)24-14-23-22(34-26(35-23)33-20-7-5-4-6-19(20)27(28,29)30)13-18(24)25(39)32-17-9-8-16-15-31-36-21(16)12-17/h4-9,12-15H,10-11H2,1-3H3,(H,31,36)(H,32,39)(H2,33,34,35). The zero-order valence-electron chi connectivity index (χ0n) is 21.5. The SMILES string of the molecule is CN(C)CCN(C)c1cc2[nH]c(Nc3ccccc3C(F)(F)F)nc2cc1C(=O)Nc1ccc2cn[nH]c2c1. The van der Waals surface area contributed by atoms with Crippen LogP contribution in [0.15, 0.2) is 60.8 Å². The van der Waals surface area contributed by atoms with Crippen LogP contribution >= 0.6 is 0 Å². The van der Waals surface area contributed by atoms with Gasteiger partial charge < -0.3 is 25.4 Å². The number of likely N-dealkylation sites (N-methyl/N-ethyl adjacent to an activating group) is 2. The number of hydrogen-bond acceptors (Lipinski definition) is 6. The Hall–Kier alpha value is -4.58. The molecule has 5 aromatic rings. The molecule has 2 aromatic heterocycles. The number of imidazole rings is 1. The molecule has 0 spiro atoms. The van der Waals surface area contributed by atoms with Crippen molar-refractivity contribution in [1.29, 1.82) is 0 Å². The van der Waals surface area contributed by atoms with E-state index in [-0.39, 0.29) is 17.5 Å². The van der Waals surface area contributed by atoms with Crippen molar-refractivity contribution in [2.45, 2.75) is 6.18 Å². The van der Waals surface area contributed by atoms with Gasteiger partial charge in [-0.2, -0.15) is 18.3 Å². The summed E-state index contributed by atoms with van der Waals surface area (Å²) >= 11 is 0. The van der Waals surface area contributed by atoms with Crippen molar-refractivity contribution in [1.82, 2.24) is 25.1 Å². The molecule has 12 heteroatoms. The quantitative estimate of drug-likeness (QED) is 0.210. The van der Waals surface area contributed by atoms with E-state index in [0.717, 1.165) is 23.5 Å². The number of anilines is 4. The number of carbonyl (C=O) groups is 1. The second-order valence-corrected chi connectivity index (χ2v) is 9.49. The minimum atomic E-state index is -4.53. The van der Waals surface area contributed by atoms with Crippen LogP contribution < -0.4 is 15.5 Å². The molecule has 0 radical (unpaired) electrons. The summed E-state index contributed by atoms with van der Waals surface area (Å²) < 4.78 is 40.5. The first-order valence-corrected chi connectivity index (χ1v) is 12.2. The van der Waals surface area contributed by atoms with E-state index in [1.54, 1.807) is 30.5 Å². The minimum Gasteiger partial charge on any atom is -0.373 e. The number of amides is 1. The minimum absolute atomic E-state index is 0.125. The van der Waals surface area contributed by atoms with Crippen molar-refractivity contribution in [3.05, 3.63) is 71.9 Å². The highest BCUT2D eigenvalue weighted by Gasteiger charge is 2.33. The van der Waals surface area contributed by atoms with E-state index in [9.17, 15) is 18.0 Å². The van der Waals surface area contributed by atoms with Gasteiger partial charge in [0.2, 0.25) is 5.95 Å². The van der Waals surface area contributed by atoms with E-state index in [1.807, 2.05) is 37.0 Å². The van der Waals surface area contributed by atoms with Crippen LogP contribution in [0.1, 0.15) is 15.9 Å². The number of halogens is 3. The van der Waals surface area contributed by atoms with Crippen molar-refractivity contribution in [2.24, 2.45) is 0 Å². The molecule has 0 aliphatic heterocycles. The Bertz CT molecular complexity index is 1640. The molecule has 4 N–H and O–H groups in total. The number of rotatable bonds is 8. The number of aromatic nitrogens is 4. The Morgan fingerprint density at radius 1 is 1.00 bits per heavy atom. The maximum absolute atomic E-state index is 13.5. The summed E-state index contributed by atoms with van der Waals surface area (Å²) in [4.78, 5) is 25.0. The van der Waals surface area contributed by atoms with Gasteiger partial charge in [-0.1, -0.05) is 12.1 Å².